The molecule has 0 aliphatic heterocycles. The van der Waals surface area contributed by atoms with Crippen molar-refractivity contribution in [3.05, 3.63) is 29.8 Å². The average Bonchev–Trinajstić information content (AvgIpc) is 0.854. The lowest BCUT2D eigenvalue weighted by atomic mass is 9.97. The topological polar surface area (TPSA) is 726 Å². The molecule has 107 heavy (non-hydrogen) atoms. The average molecular weight is 1540 g/mol. The lowest BCUT2D eigenvalue weighted by Gasteiger charge is -2.29. The van der Waals surface area contributed by atoms with Crippen molar-refractivity contribution in [2.24, 2.45) is 50.5 Å². The summed E-state index contributed by atoms with van der Waals surface area (Å²) in [6.07, 6.45) is -4.99. The zero-order valence-corrected chi connectivity index (χ0v) is 61.1. The van der Waals surface area contributed by atoms with Crippen molar-refractivity contribution in [3.8, 4) is 5.75 Å². The van der Waals surface area contributed by atoms with Gasteiger partial charge in [-0.2, -0.15) is 12.6 Å². The molecule has 0 aliphatic carbocycles. The molecule has 0 saturated heterocycles. The lowest BCUT2D eigenvalue weighted by Crippen LogP contribution is -2.63. The second kappa shape index (κ2) is 48.4. The highest BCUT2D eigenvalue weighted by atomic mass is 32.1. The van der Waals surface area contributed by atoms with Gasteiger partial charge in [-0.1, -0.05) is 46.2 Å². The van der Waals surface area contributed by atoms with Gasteiger partial charge in [-0.15, -0.1) is 0 Å². The fraction of sp³-hybridized carbons (Fsp3) is 0.619. The Kier molecular flexibility index (Phi) is 42.6. The number of carbonyl (C=O) groups excluding carboxylic acids is 13. The van der Waals surface area contributed by atoms with Crippen LogP contribution in [-0.4, -0.2) is 266 Å². The van der Waals surface area contributed by atoms with Crippen LogP contribution in [0.3, 0.4) is 0 Å². The van der Waals surface area contributed by atoms with Crippen LogP contribution in [0.5, 0.6) is 5.75 Å². The fourth-order valence-electron chi connectivity index (χ4n) is 9.65. The van der Waals surface area contributed by atoms with Crippen molar-refractivity contribution in [1.29, 1.82) is 0 Å². The van der Waals surface area contributed by atoms with Gasteiger partial charge in [0.15, 0.2) is 11.9 Å². The number of phenolic OH excluding ortho intramolecular Hbond substituents is 1. The molecule has 0 saturated carbocycles. The van der Waals surface area contributed by atoms with E-state index < -0.39 is 224 Å². The second-order valence-electron chi connectivity index (χ2n) is 25.2. The summed E-state index contributed by atoms with van der Waals surface area (Å²) in [5.41, 5.74) is 27.6. The first-order chi connectivity index (χ1) is 50.1. The van der Waals surface area contributed by atoms with Crippen LogP contribution in [0.25, 0.3) is 0 Å². The van der Waals surface area contributed by atoms with Crippen LogP contribution in [-0.2, 0) is 83.1 Å². The molecule has 44 heteroatoms. The maximum absolute atomic E-state index is 14.2. The number of nitrogens with one attached hydrogen (secondary N) is 13. The molecule has 600 valence electrons. The Morgan fingerprint density at radius 3 is 1.32 bits per heavy atom. The number of nitrogens with two attached hydrogens (primary N) is 5. The minimum Gasteiger partial charge on any atom is -0.508 e. The minimum absolute atomic E-state index is 0.0471. The van der Waals surface area contributed by atoms with Crippen molar-refractivity contribution < 1.29 is 112 Å². The van der Waals surface area contributed by atoms with Gasteiger partial charge in [-0.05, 0) is 88.8 Å². The van der Waals surface area contributed by atoms with Crippen molar-refractivity contribution in [2.45, 2.75) is 197 Å². The predicted octanol–water partition coefficient (Wildman–Crippen LogP) is -9.85. The molecule has 1 rings (SSSR count). The number of amides is 13. The summed E-state index contributed by atoms with van der Waals surface area (Å²) in [4.78, 5) is 221. The molecule has 0 bridgehead atoms. The van der Waals surface area contributed by atoms with Gasteiger partial charge in [0.25, 0.3) is 0 Å². The first-order valence-corrected chi connectivity index (χ1v) is 34.5. The molecule has 1 aromatic carbocycles. The molecule has 0 aliphatic rings. The summed E-state index contributed by atoms with van der Waals surface area (Å²) < 4.78 is 0. The molecular weight excluding hydrogens is 1440 g/mol. The SMILES string of the molecule is CC[C@H](C)[C@H](NC(=O)[C@H](CO)NC(=O)[C@H](Cc1ccc(O)cc1)NC(=O)[C@H](CCCN=C(N)N)NC(=O)CN)C(=O)N[C@@H](CO)C(=O)N[C@@H](CCCN=C(N)N)C(=O)N[C@H](C(=O)N[C@@H](CCC(=O)O)C(=O)N[C@@H](C)C(=O)N[C@@H](C)C(=O)N[C@@H](CC(=O)O)C(=O)N[C@@H](CC(C)C)C(=O)N[C@@H](CS)C(=O)O)[C@@H](C)O. The van der Waals surface area contributed by atoms with Crippen molar-refractivity contribution >= 4 is 119 Å². The molecule has 30 N–H and O–H groups in total. The number of hydrogen-bond donors (Lipinski definition) is 26. The van der Waals surface area contributed by atoms with E-state index in [0.717, 1.165) is 20.8 Å². The van der Waals surface area contributed by atoms with Crippen LogP contribution < -0.4 is 97.8 Å². The number of hydrogen-bond acceptors (Lipinski definition) is 24. The summed E-state index contributed by atoms with van der Waals surface area (Å²) in [6.45, 7) is 6.70. The van der Waals surface area contributed by atoms with E-state index in [1.807, 2.05) is 0 Å². The van der Waals surface area contributed by atoms with Crippen LogP contribution in [0.1, 0.15) is 112 Å². The number of aliphatic hydroxyl groups excluding tert-OH is 3. The normalized spacial score (nSPS) is 15.2. The summed E-state index contributed by atoms with van der Waals surface area (Å²) in [6, 6.07) is -16.5. The molecule has 15 atom stereocenters. The number of rotatable bonds is 50. The molecule has 0 unspecified atom stereocenters. The van der Waals surface area contributed by atoms with Crippen LogP contribution >= 0.6 is 12.6 Å². The number of carboxylic acid groups (broad SMARTS) is 3. The zero-order valence-electron chi connectivity index (χ0n) is 60.3. The number of aromatic hydroxyl groups is 1. The number of aliphatic carboxylic acids is 3. The maximum Gasteiger partial charge on any atom is 0.327 e. The first kappa shape index (κ1) is 94.3. The van der Waals surface area contributed by atoms with E-state index in [9.17, 15) is 112 Å². The molecule has 0 heterocycles. The van der Waals surface area contributed by atoms with E-state index in [2.05, 4.69) is 91.7 Å². The smallest absolute Gasteiger partial charge is 0.327 e. The second-order valence-corrected chi connectivity index (χ2v) is 25.6. The number of aliphatic imine (C=N–C) groups is 2. The van der Waals surface area contributed by atoms with E-state index in [1.165, 1.54) is 31.2 Å². The number of carboxylic acids is 3. The van der Waals surface area contributed by atoms with Crippen LogP contribution in [0.15, 0.2) is 34.3 Å². The predicted molar refractivity (Wildman–Crippen MR) is 383 cm³/mol. The minimum atomic E-state index is -2.04. The summed E-state index contributed by atoms with van der Waals surface area (Å²) >= 11 is 3.90. The number of aliphatic hydroxyl groups is 3. The third-order valence-electron chi connectivity index (χ3n) is 15.8. The molecule has 0 fully saturated rings. The highest BCUT2D eigenvalue weighted by molar-refractivity contribution is 7.80. The van der Waals surface area contributed by atoms with Crippen molar-refractivity contribution in [2.75, 3.05) is 38.6 Å². The number of benzene rings is 1. The number of phenols is 1. The largest absolute Gasteiger partial charge is 0.508 e. The van der Waals surface area contributed by atoms with E-state index in [4.69, 9.17) is 28.7 Å². The maximum atomic E-state index is 14.2. The highest BCUT2D eigenvalue weighted by Gasteiger charge is 2.39. The number of nitrogens with zero attached hydrogens (tertiary/aromatic N) is 2. The van der Waals surface area contributed by atoms with Gasteiger partial charge in [0.2, 0.25) is 76.8 Å². The number of guanidine groups is 2. The first-order valence-electron chi connectivity index (χ1n) is 33.8. The van der Waals surface area contributed by atoms with Crippen LogP contribution in [0.2, 0.25) is 0 Å². The Morgan fingerprint density at radius 2 is 0.841 bits per heavy atom. The number of carbonyl (C=O) groups is 16. The lowest BCUT2D eigenvalue weighted by molar-refractivity contribution is -0.143. The molecule has 0 spiro atoms. The van der Waals surface area contributed by atoms with Crippen molar-refractivity contribution in [3.63, 3.8) is 0 Å². The molecular formula is C63H104N20O23S. The summed E-state index contributed by atoms with van der Waals surface area (Å²) in [5.74, 6) is -21.2. The zero-order chi connectivity index (χ0) is 81.5. The van der Waals surface area contributed by atoms with Gasteiger partial charge < -0.3 is 134 Å². The molecule has 0 aromatic heterocycles. The third kappa shape index (κ3) is 35.7. The quantitative estimate of drug-likeness (QED) is 0.0125. The van der Waals surface area contributed by atoms with Gasteiger partial charge in [0.1, 0.15) is 84.3 Å². The fourth-order valence-corrected chi connectivity index (χ4v) is 9.90. The Balaban J connectivity index is 3.48. The van der Waals surface area contributed by atoms with Crippen LogP contribution in [0, 0.1) is 11.8 Å². The van der Waals surface area contributed by atoms with Gasteiger partial charge in [0, 0.05) is 31.7 Å². The Hall–Kier alpha value is -10.7. The number of thiol groups is 1. The molecule has 1 aromatic rings. The van der Waals surface area contributed by atoms with Gasteiger partial charge in [-0.3, -0.25) is 81.9 Å². The third-order valence-corrected chi connectivity index (χ3v) is 16.2. The Labute approximate surface area is 620 Å². The highest BCUT2D eigenvalue weighted by Crippen LogP contribution is 2.15. The van der Waals surface area contributed by atoms with Gasteiger partial charge in [-0.25, -0.2) is 4.79 Å². The van der Waals surface area contributed by atoms with Gasteiger partial charge in [0.05, 0.1) is 32.3 Å². The van der Waals surface area contributed by atoms with Crippen LogP contribution in [0.4, 0.5) is 0 Å². The Morgan fingerprint density at radius 1 is 0.458 bits per heavy atom. The Bertz CT molecular complexity index is 3290. The van der Waals surface area contributed by atoms with E-state index in [1.54, 1.807) is 20.8 Å². The van der Waals surface area contributed by atoms with Gasteiger partial charge >= 0.3 is 17.9 Å². The molecule has 43 nitrogen and oxygen atoms in total. The molecule has 0 radical (unpaired) electrons. The summed E-state index contributed by atoms with van der Waals surface area (Å²) in [5, 5.41) is 100. The summed E-state index contributed by atoms with van der Waals surface area (Å²) in [7, 11) is 0. The van der Waals surface area contributed by atoms with E-state index in [-0.39, 0.29) is 87.4 Å². The van der Waals surface area contributed by atoms with E-state index >= 15 is 0 Å². The monoisotopic (exact) mass is 1540 g/mol. The standard InChI is InChI=1S/C63H104N20O23S/c1-8-29(4)47(82-58(102)42(26-85)79-55(99)39(22-33-13-15-34(87)16-14-33)78-52(96)35(73-44(88)24-64)11-9-19-69-62(65)66)59(103)80-41(25-84)57(101)74-36(12-10-20-70-63(67)68)53(97)83-48(32(7)86)60(104)75-37(17-18-45(89)90)51(95)72-30(5)49(93)71-31(6)50(94)76-40(23-46(91)92)56(100)77-38(21-28(2)3)54(98)81-43(27-107)61(105)106/h13-16,28-32,35-43,47-48,84-87,107H,8-12,17-27,64H2,1-7H3,(H,71,93)(H,72,95)(H,73,88)(H,74,101)(H,75,104)(H,76,94)(H,77,100)(H,78,96)(H,79,99)(H,80,103)(H,81,98)(H,82,102)(H,83,97)(H,89,90)(H,91,92)(H,105,106)(H4,65,66,69)(H4,67,68,70)/t29-,30-,31-,32+,35-,36-,37-,38-,39-,40-,41-,42-,43-,47-,48-/m0/s1. The van der Waals surface area contributed by atoms with Crippen molar-refractivity contribution in [1.82, 2.24) is 69.1 Å². The van der Waals surface area contributed by atoms with E-state index in [0.29, 0.717) is 5.56 Å². The molecule has 13 amide bonds.